The van der Waals surface area contributed by atoms with E-state index >= 15 is 0 Å². The Morgan fingerprint density at radius 1 is 1.24 bits per heavy atom. The van der Waals surface area contributed by atoms with Gasteiger partial charge in [0.1, 0.15) is 0 Å². The van der Waals surface area contributed by atoms with Gasteiger partial charge in [0, 0.05) is 11.8 Å². The van der Waals surface area contributed by atoms with Crippen LogP contribution in [-0.4, -0.2) is 45.9 Å². The second kappa shape index (κ2) is 8.59. The molecule has 3 heterocycles. The molecule has 3 aromatic rings. The molecule has 1 fully saturated rings. The van der Waals surface area contributed by atoms with E-state index in [9.17, 15) is 4.79 Å². The van der Waals surface area contributed by atoms with Crippen molar-refractivity contribution in [2.45, 2.75) is 18.9 Å². The highest BCUT2D eigenvalue weighted by Crippen LogP contribution is 2.28. The van der Waals surface area contributed by atoms with Crippen molar-refractivity contribution in [3.05, 3.63) is 53.4 Å². The lowest BCUT2D eigenvalue weighted by atomic mass is 10.1. The molecule has 0 amide bonds. The lowest BCUT2D eigenvalue weighted by molar-refractivity contribution is 0.0601. The van der Waals surface area contributed by atoms with Crippen LogP contribution in [0.4, 0.5) is 11.6 Å². The van der Waals surface area contributed by atoms with E-state index in [1.165, 1.54) is 7.11 Å². The predicted molar refractivity (Wildman–Crippen MR) is 110 cm³/mol. The van der Waals surface area contributed by atoms with Gasteiger partial charge in [0.05, 0.1) is 47.5 Å². The van der Waals surface area contributed by atoms with Gasteiger partial charge in [-0.15, -0.1) is 0 Å². The van der Waals surface area contributed by atoms with Gasteiger partial charge in [-0.05, 0) is 38.1 Å². The summed E-state index contributed by atoms with van der Waals surface area (Å²) >= 11 is 6.30. The maximum Gasteiger partial charge on any atom is 0.337 e. The molecule has 1 saturated heterocycles. The summed E-state index contributed by atoms with van der Waals surface area (Å²) < 4.78 is 6.72. The summed E-state index contributed by atoms with van der Waals surface area (Å²) in [5.41, 5.74) is 2.63. The number of carbonyl (C=O) groups excluding carboxylic acids is 1. The molecular formula is C20H21ClN6O2. The van der Waals surface area contributed by atoms with Gasteiger partial charge in [0.2, 0.25) is 5.95 Å². The zero-order chi connectivity index (χ0) is 20.2. The van der Waals surface area contributed by atoms with Crippen LogP contribution in [0.1, 0.15) is 29.2 Å². The van der Waals surface area contributed by atoms with Crippen molar-refractivity contribution in [2.24, 2.45) is 0 Å². The monoisotopic (exact) mass is 412 g/mol. The van der Waals surface area contributed by atoms with E-state index in [1.807, 2.05) is 10.9 Å². The van der Waals surface area contributed by atoms with E-state index in [2.05, 4.69) is 25.7 Å². The van der Waals surface area contributed by atoms with Crippen LogP contribution in [0.15, 0.2) is 42.9 Å². The zero-order valence-corrected chi connectivity index (χ0v) is 16.7. The minimum absolute atomic E-state index is 0.390. The summed E-state index contributed by atoms with van der Waals surface area (Å²) in [7, 11) is 1.35. The summed E-state index contributed by atoms with van der Waals surface area (Å²) in [5, 5.41) is 11.4. The number of benzene rings is 1. The summed E-state index contributed by atoms with van der Waals surface area (Å²) in [6.07, 6.45) is 7.41. The molecule has 4 rings (SSSR count). The van der Waals surface area contributed by atoms with Crippen LogP contribution in [-0.2, 0) is 4.74 Å². The van der Waals surface area contributed by atoms with E-state index in [1.54, 1.807) is 36.7 Å². The number of nitrogens with one attached hydrogen (secondary N) is 2. The molecule has 29 heavy (non-hydrogen) atoms. The molecule has 1 aromatic carbocycles. The molecule has 0 bridgehead atoms. The summed E-state index contributed by atoms with van der Waals surface area (Å²) in [6, 6.07) is 7.31. The maximum atomic E-state index is 11.6. The van der Waals surface area contributed by atoms with E-state index in [-0.39, 0.29) is 0 Å². The fourth-order valence-corrected chi connectivity index (χ4v) is 3.51. The molecule has 0 aliphatic carbocycles. The Morgan fingerprint density at radius 3 is 2.72 bits per heavy atom. The first-order valence-electron chi connectivity index (χ1n) is 9.37. The molecule has 2 aromatic heterocycles. The smallest absolute Gasteiger partial charge is 0.337 e. The van der Waals surface area contributed by atoms with Gasteiger partial charge in [-0.25, -0.2) is 14.8 Å². The van der Waals surface area contributed by atoms with E-state index in [0.717, 1.165) is 37.2 Å². The molecule has 2 N–H and O–H groups in total. The zero-order valence-electron chi connectivity index (χ0n) is 15.9. The van der Waals surface area contributed by atoms with E-state index in [0.29, 0.717) is 28.3 Å². The number of halogens is 1. The SMILES string of the molecule is COC(=O)c1ccc(-c2nc(Nc3cnn(C4CCNCC4)c3)ncc2Cl)cc1. The quantitative estimate of drug-likeness (QED) is 0.620. The minimum Gasteiger partial charge on any atom is -0.465 e. The van der Waals surface area contributed by atoms with Gasteiger partial charge in [-0.2, -0.15) is 5.10 Å². The number of rotatable bonds is 5. The Morgan fingerprint density at radius 2 is 2.00 bits per heavy atom. The Bertz CT molecular complexity index is 998. The summed E-state index contributed by atoms with van der Waals surface area (Å²) in [5.74, 6) is 0.0322. The third kappa shape index (κ3) is 4.38. The van der Waals surface area contributed by atoms with Crippen LogP contribution in [0.25, 0.3) is 11.3 Å². The fourth-order valence-electron chi connectivity index (χ4n) is 3.31. The first-order chi connectivity index (χ1) is 14.1. The maximum absolute atomic E-state index is 11.6. The van der Waals surface area contributed by atoms with Crippen molar-refractivity contribution in [1.29, 1.82) is 0 Å². The van der Waals surface area contributed by atoms with Crippen LogP contribution in [0.5, 0.6) is 0 Å². The molecular weight excluding hydrogens is 392 g/mol. The molecule has 1 aliphatic heterocycles. The van der Waals surface area contributed by atoms with Crippen molar-refractivity contribution in [3.8, 4) is 11.3 Å². The van der Waals surface area contributed by atoms with Gasteiger partial charge in [-0.1, -0.05) is 23.7 Å². The fraction of sp³-hybridized carbons (Fsp3) is 0.300. The topological polar surface area (TPSA) is 94.0 Å². The minimum atomic E-state index is -0.390. The number of carbonyl (C=O) groups is 1. The molecule has 0 saturated carbocycles. The van der Waals surface area contributed by atoms with Gasteiger partial charge >= 0.3 is 5.97 Å². The second-order valence-electron chi connectivity index (χ2n) is 6.77. The van der Waals surface area contributed by atoms with Crippen molar-refractivity contribution in [3.63, 3.8) is 0 Å². The first kappa shape index (κ1) is 19.4. The van der Waals surface area contributed by atoms with Crippen LogP contribution in [0.2, 0.25) is 5.02 Å². The Kier molecular flexibility index (Phi) is 5.73. The lowest BCUT2D eigenvalue weighted by Gasteiger charge is -2.22. The lowest BCUT2D eigenvalue weighted by Crippen LogP contribution is -2.29. The molecule has 150 valence electrons. The number of esters is 1. The van der Waals surface area contributed by atoms with Crippen molar-refractivity contribution >= 4 is 29.2 Å². The summed E-state index contributed by atoms with van der Waals surface area (Å²) in [6.45, 7) is 2.01. The molecule has 0 spiro atoms. The summed E-state index contributed by atoms with van der Waals surface area (Å²) in [4.78, 5) is 20.4. The number of anilines is 2. The van der Waals surface area contributed by atoms with Crippen LogP contribution < -0.4 is 10.6 Å². The average Bonchev–Trinajstić information content (AvgIpc) is 3.24. The normalized spacial score (nSPS) is 14.6. The number of hydrogen-bond acceptors (Lipinski definition) is 7. The highest BCUT2D eigenvalue weighted by Gasteiger charge is 2.16. The van der Waals surface area contributed by atoms with Gasteiger partial charge < -0.3 is 15.4 Å². The molecule has 0 unspecified atom stereocenters. The van der Waals surface area contributed by atoms with E-state index in [4.69, 9.17) is 16.3 Å². The van der Waals surface area contributed by atoms with Crippen LogP contribution >= 0.6 is 11.6 Å². The van der Waals surface area contributed by atoms with Gasteiger partial charge in [0.15, 0.2) is 0 Å². The number of nitrogens with zero attached hydrogens (tertiary/aromatic N) is 4. The number of hydrogen-bond donors (Lipinski definition) is 2. The van der Waals surface area contributed by atoms with Crippen molar-refractivity contribution < 1.29 is 9.53 Å². The third-order valence-corrected chi connectivity index (χ3v) is 5.14. The molecule has 8 nitrogen and oxygen atoms in total. The third-order valence-electron chi connectivity index (χ3n) is 4.86. The highest BCUT2D eigenvalue weighted by molar-refractivity contribution is 6.32. The first-order valence-corrected chi connectivity index (χ1v) is 9.75. The van der Waals surface area contributed by atoms with Crippen LogP contribution in [0, 0.1) is 0 Å². The molecule has 0 atom stereocenters. The van der Waals surface area contributed by atoms with Crippen molar-refractivity contribution in [1.82, 2.24) is 25.1 Å². The van der Waals surface area contributed by atoms with Gasteiger partial charge in [-0.3, -0.25) is 4.68 Å². The Hall–Kier alpha value is -2.97. The number of aromatic nitrogens is 4. The van der Waals surface area contributed by atoms with Gasteiger partial charge in [0.25, 0.3) is 0 Å². The van der Waals surface area contributed by atoms with Crippen molar-refractivity contribution in [2.75, 3.05) is 25.5 Å². The average molecular weight is 413 g/mol. The van der Waals surface area contributed by atoms with Crippen LogP contribution in [0.3, 0.4) is 0 Å². The number of ether oxygens (including phenoxy) is 1. The highest BCUT2D eigenvalue weighted by atomic mass is 35.5. The number of methoxy groups -OCH3 is 1. The predicted octanol–water partition coefficient (Wildman–Crippen LogP) is 3.45. The second-order valence-corrected chi connectivity index (χ2v) is 7.18. The molecule has 9 heteroatoms. The molecule has 0 radical (unpaired) electrons. The molecule has 1 aliphatic rings. The largest absolute Gasteiger partial charge is 0.465 e. The Labute approximate surface area is 173 Å². The Balaban J connectivity index is 1.53. The standard InChI is InChI=1S/C20H21ClN6O2/c1-29-19(28)14-4-2-13(3-5-14)18-17(21)11-23-20(26-18)25-15-10-24-27(12-15)16-6-8-22-9-7-16/h2-5,10-12,16,22H,6-9H2,1H3,(H,23,25,26). The van der Waals surface area contributed by atoms with E-state index < -0.39 is 5.97 Å². The number of piperidine rings is 1.